The standard InChI is InChI=1S/C14H23NO3/c1-3-9(4-2)12(16)8-15-13(17)10-5-6-11(7-10)14(15)18/h9-12,16H,3-8H2,1-2H3. The number of hydrogen-bond acceptors (Lipinski definition) is 3. The van der Waals surface area contributed by atoms with Gasteiger partial charge in [0.1, 0.15) is 0 Å². The summed E-state index contributed by atoms with van der Waals surface area (Å²) < 4.78 is 0. The van der Waals surface area contributed by atoms with Gasteiger partial charge in [-0.2, -0.15) is 0 Å². The summed E-state index contributed by atoms with van der Waals surface area (Å²) in [5, 5.41) is 10.1. The molecule has 0 radical (unpaired) electrons. The summed E-state index contributed by atoms with van der Waals surface area (Å²) in [7, 11) is 0. The molecular formula is C14H23NO3. The third kappa shape index (κ3) is 2.30. The number of carbonyl (C=O) groups excluding carboxylic acids is 2. The van der Waals surface area contributed by atoms with Gasteiger partial charge in [-0.25, -0.2) is 0 Å². The Kier molecular flexibility index (Phi) is 4.05. The molecular weight excluding hydrogens is 230 g/mol. The number of amides is 2. The summed E-state index contributed by atoms with van der Waals surface area (Å²) >= 11 is 0. The van der Waals surface area contributed by atoms with Crippen LogP contribution in [0.3, 0.4) is 0 Å². The molecule has 1 saturated heterocycles. The summed E-state index contributed by atoms with van der Waals surface area (Å²) in [6.45, 7) is 4.25. The zero-order valence-electron chi connectivity index (χ0n) is 11.3. The minimum atomic E-state index is -0.578. The zero-order chi connectivity index (χ0) is 13.3. The van der Waals surface area contributed by atoms with E-state index in [2.05, 4.69) is 0 Å². The summed E-state index contributed by atoms with van der Waals surface area (Å²) in [4.78, 5) is 25.6. The van der Waals surface area contributed by atoms with E-state index in [4.69, 9.17) is 0 Å². The van der Waals surface area contributed by atoms with E-state index in [9.17, 15) is 14.7 Å². The Labute approximate surface area is 108 Å². The molecule has 102 valence electrons. The minimum absolute atomic E-state index is 0.0293. The van der Waals surface area contributed by atoms with Crippen LogP contribution in [0.15, 0.2) is 0 Å². The lowest BCUT2D eigenvalue weighted by Gasteiger charge is -2.33. The molecule has 1 saturated carbocycles. The summed E-state index contributed by atoms with van der Waals surface area (Å²) in [6.07, 6.45) is 3.58. The Morgan fingerprint density at radius 2 is 1.67 bits per heavy atom. The van der Waals surface area contributed by atoms with E-state index in [-0.39, 0.29) is 36.1 Å². The first kappa shape index (κ1) is 13.5. The molecule has 2 bridgehead atoms. The molecule has 4 nitrogen and oxygen atoms in total. The van der Waals surface area contributed by atoms with Crippen LogP contribution in [-0.2, 0) is 9.59 Å². The fraction of sp³-hybridized carbons (Fsp3) is 0.857. The van der Waals surface area contributed by atoms with Gasteiger partial charge in [-0.1, -0.05) is 26.7 Å². The van der Waals surface area contributed by atoms with Crippen LogP contribution in [-0.4, -0.2) is 34.5 Å². The number of piperidine rings is 1. The predicted octanol–water partition coefficient (Wildman–Crippen LogP) is 1.57. The van der Waals surface area contributed by atoms with Crippen molar-refractivity contribution in [2.45, 2.75) is 52.1 Å². The van der Waals surface area contributed by atoms with Gasteiger partial charge in [-0.15, -0.1) is 0 Å². The number of β-amino-alcohol motifs (C(OH)–C–C–N with tert-alkyl or cyclic N) is 1. The van der Waals surface area contributed by atoms with Gasteiger partial charge in [-0.05, 0) is 25.2 Å². The highest BCUT2D eigenvalue weighted by atomic mass is 16.3. The number of hydrogen-bond donors (Lipinski definition) is 1. The van der Waals surface area contributed by atoms with Crippen LogP contribution in [0, 0.1) is 17.8 Å². The van der Waals surface area contributed by atoms with E-state index < -0.39 is 6.10 Å². The number of nitrogens with zero attached hydrogens (tertiary/aromatic N) is 1. The van der Waals surface area contributed by atoms with Crippen molar-refractivity contribution in [2.24, 2.45) is 17.8 Å². The van der Waals surface area contributed by atoms with Crippen LogP contribution in [0.5, 0.6) is 0 Å². The first-order valence-electron chi connectivity index (χ1n) is 7.11. The van der Waals surface area contributed by atoms with Gasteiger partial charge < -0.3 is 5.11 Å². The van der Waals surface area contributed by atoms with Gasteiger partial charge in [-0.3, -0.25) is 14.5 Å². The fourth-order valence-corrected chi connectivity index (χ4v) is 3.33. The Bertz CT molecular complexity index is 316. The summed E-state index contributed by atoms with van der Waals surface area (Å²) in [5.74, 6) is 0.117. The van der Waals surface area contributed by atoms with Gasteiger partial charge in [0.25, 0.3) is 0 Å². The smallest absolute Gasteiger partial charge is 0.232 e. The number of fused-ring (bicyclic) bond motifs is 2. The molecule has 2 fully saturated rings. The highest BCUT2D eigenvalue weighted by Gasteiger charge is 2.45. The van der Waals surface area contributed by atoms with Gasteiger partial charge in [0.2, 0.25) is 11.8 Å². The van der Waals surface area contributed by atoms with Crippen molar-refractivity contribution < 1.29 is 14.7 Å². The van der Waals surface area contributed by atoms with Crippen molar-refractivity contribution in [3.8, 4) is 0 Å². The highest BCUT2D eigenvalue weighted by Crippen LogP contribution is 2.38. The van der Waals surface area contributed by atoms with Crippen molar-refractivity contribution in [1.82, 2.24) is 4.90 Å². The maximum atomic E-state index is 12.1. The number of aliphatic hydroxyl groups excluding tert-OH is 1. The first-order chi connectivity index (χ1) is 8.58. The normalized spacial score (nSPS) is 29.2. The van der Waals surface area contributed by atoms with Crippen molar-refractivity contribution in [1.29, 1.82) is 0 Å². The van der Waals surface area contributed by atoms with Gasteiger partial charge in [0.15, 0.2) is 0 Å². The fourth-order valence-electron chi connectivity index (χ4n) is 3.33. The van der Waals surface area contributed by atoms with Crippen LogP contribution in [0.1, 0.15) is 46.0 Å². The van der Waals surface area contributed by atoms with Crippen molar-refractivity contribution in [3.05, 3.63) is 0 Å². The molecule has 4 heteroatoms. The topological polar surface area (TPSA) is 57.6 Å². The number of aliphatic hydroxyl groups is 1. The van der Waals surface area contributed by atoms with E-state index >= 15 is 0 Å². The molecule has 1 aliphatic carbocycles. The van der Waals surface area contributed by atoms with Crippen LogP contribution in [0.4, 0.5) is 0 Å². The maximum absolute atomic E-state index is 12.1. The largest absolute Gasteiger partial charge is 0.391 e. The molecule has 0 aromatic heterocycles. The second kappa shape index (κ2) is 5.39. The minimum Gasteiger partial charge on any atom is -0.391 e. The molecule has 3 atom stereocenters. The molecule has 0 aromatic carbocycles. The molecule has 2 rings (SSSR count). The average Bonchev–Trinajstić information content (AvgIpc) is 2.81. The SMILES string of the molecule is CCC(CC)C(O)CN1C(=O)C2CCC(C2)C1=O. The predicted molar refractivity (Wildman–Crippen MR) is 67.6 cm³/mol. The molecule has 2 aliphatic rings. The number of rotatable bonds is 5. The van der Waals surface area contributed by atoms with Crippen LogP contribution >= 0.6 is 0 Å². The third-order valence-corrected chi connectivity index (χ3v) is 4.63. The molecule has 1 aliphatic heterocycles. The van der Waals surface area contributed by atoms with Crippen LogP contribution in [0.25, 0.3) is 0 Å². The number of imide groups is 1. The maximum Gasteiger partial charge on any atom is 0.232 e. The monoisotopic (exact) mass is 253 g/mol. The summed E-state index contributed by atoms with van der Waals surface area (Å²) in [6, 6.07) is 0. The van der Waals surface area contributed by atoms with Gasteiger partial charge in [0.05, 0.1) is 12.6 Å². The lowest BCUT2D eigenvalue weighted by atomic mass is 9.93. The van der Waals surface area contributed by atoms with Crippen molar-refractivity contribution in [3.63, 3.8) is 0 Å². The van der Waals surface area contributed by atoms with Crippen LogP contribution < -0.4 is 0 Å². The van der Waals surface area contributed by atoms with Crippen LogP contribution in [0.2, 0.25) is 0 Å². The van der Waals surface area contributed by atoms with E-state index in [0.29, 0.717) is 0 Å². The lowest BCUT2D eigenvalue weighted by Crippen LogP contribution is -2.50. The Balaban J connectivity index is 2.04. The van der Waals surface area contributed by atoms with Crippen molar-refractivity contribution >= 4 is 11.8 Å². The first-order valence-corrected chi connectivity index (χ1v) is 7.11. The van der Waals surface area contributed by atoms with E-state index in [1.165, 1.54) is 4.90 Å². The summed E-state index contributed by atoms with van der Waals surface area (Å²) in [5.41, 5.74) is 0. The molecule has 0 spiro atoms. The molecule has 3 unspecified atom stereocenters. The van der Waals surface area contributed by atoms with Gasteiger partial charge in [0, 0.05) is 11.8 Å². The Hall–Kier alpha value is -0.900. The second-order valence-electron chi connectivity index (χ2n) is 5.64. The molecule has 2 amide bonds. The average molecular weight is 253 g/mol. The molecule has 1 heterocycles. The molecule has 0 aromatic rings. The zero-order valence-corrected chi connectivity index (χ0v) is 11.3. The quantitative estimate of drug-likeness (QED) is 0.757. The third-order valence-electron chi connectivity index (χ3n) is 4.63. The highest BCUT2D eigenvalue weighted by molar-refractivity contribution is 6.00. The van der Waals surface area contributed by atoms with Gasteiger partial charge >= 0.3 is 0 Å². The van der Waals surface area contributed by atoms with E-state index in [0.717, 1.165) is 32.1 Å². The Morgan fingerprint density at radius 1 is 1.17 bits per heavy atom. The van der Waals surface area contributed by atoms with E-state index in [1.807, 2.05) is 13.8 Å². The van der Waals surface area contributed by atoms with E-state index in [1.54, 1.807) is 0 Å². The van der Waals surface area contributed by atoms with Crippen molar-refractivity contribution in [2.75, 3.05) is 6.54 Å². The molecule has 18 heavy (non-hydrogen) atoms. The molecule has 1 N–H and O–H groups in total. The number of likely N-dealkylation sites (tertiary alicyclic amines) is 1. The Morgan fingerprint density at radius 3 is 2.11 bits per heavy atom. The second-order valence-corrected chi connectivity index (χ2v) is 5.64. The number of carbonyl (C=O) groups is 2. The lowest BCUT2D eigenvalue weighted by molar-refractivity contribution is -0.155.